The van der Waals surface area contributed by atoms with Gasteiger partial charge in [-0.3, -0.25) is 0 Å². The highest BCUT2D eigenvalue weighted by Gasteiger charge is 2.06. The second-order valence-corrected chi connectivity index (χ2v) is 5.22. The minimum atomic E-state index is -0.309. The Morgan fingerprint density at radius 1 is 1.14 bits per heavy atom. The molecule has 0 unspecified atom stereocenters. The fraction of sp³-hybridized carbons (Fsp3) is 0.294. The summed E-state index contributed by atoms with van der Waals surface area (Å²) in [5, 5.41) is 3.86. The molecular formula is C17H19ClFNO. The van der Waals surface area contributed by atoms with Crippen molar-refractivity contribution in [2.45, 2.75) is 26.5 Å². The highest BCUT2D eigenvalue weighted by atomic mass is 35.5. The molecule has 0 heterocycles. The maximum Gasteiger partial charge on any atom is 0.124 e. The normalized spacial score (nSPS) is 10.6. The van der Waals surface area contributed by atoms with Crippen molar-refractivity contribution >= 4 is 11.6 Å². The Hall–Kier alpha value is -1.58. The molecule has 0 saturated carbocycles. The fourth-order valence-corrected chi connectivity index (χ4v) is 2.17. The van der Waals surface area contributed by atoms with Gasteiger partial charge in [-0.15, -0.1) is 0 Å². The van der Waals surface area contributed by atoms with Gasteiger partial charge in [0.05, 0.1) is 0 Å². The molecule has 0 saturated heterocycles. The van der Waals surface area contributed by atoms with E-state index in [0.717, 1.165) is 30.8 Å². The van der Waals surface area contributed by atoms with Crippen molar-refractivity contribution in [3.8, 4) is 5.75 Å². The van der Waals surface area contributed by atoms with Gasteiger partial charge in [0, 0.05) is 22.7 Å². The van der Waals surface area contributed by atoms with Crippen LogP contribution >= 0.6 is 11.6 Å². The topological polar surface area (TPSA) is 21.3 Å². The lowest BCUT2D eigenvalue weighted by Gasteiger charge is -2.13. The Bertz CT molecular complexity index is 589. The average Bonchev–Trinajstić information content (AvgIpc) is 2.49. The Morgan fingerprint density at radius 3 is 2.76 bits per heavy atom. The largest absolute Gasteiger partial charge is 0.489 e. The van der Waals surface area contributed by atoms with Gasteiger partial charge in [-0.05, 0) is 37.2 Å². The van der Waals surface area contributed by atoms with Crippen LogP contribution in [0.2, 0.25) is 5.02 Å². The summed E-state index contributed by atoms with van der Waals surface area (Å²) in [4.78, 5) is 0. The average molecular weight is 308 g/mol. The Kier molecular flexibility index (Phi) is 6.03. The molecule has 2 aromatic rings. The second-order valence-electron chi connectivity index (χ2n) is 4.81. The first-order chi connectivity index (χ1) is 10.2. The number of halogens is 2. The lowest BCUT2D eigenvalue weighted by molar-refractivity contribution is 0.301. The highest BCUT2D eigenvalue weighted by molar-refractivity contribution is 6.31. The third-order valence-electron chi connectivity index (χ3n) is 3.11. The monoisotopic (exact) mass is 307 g/mol. The zero-order chi connectivity index (χ0) is 15.1. The summed E-state index contributed by atoms with van der Waals surface area (Å²) in [5.41, 5.74) is 1.73. The summed E-state index contributed by atoms with van der Waals surface area (Å²) in [6, 6.07) is 12.1. The molecule has 0 spiro atoms. The third-order valence-corrected chi connectivity index (χ3v) is 3.47. The van der Waals surface area contributed by atoms with Crippen molar-refractivity contribution in [3.63, 3.8) is 0 Å². The molecule has 0 aliphatic heterocycles. The number of rotatable bonds is 7. The van der Waals surface area contributed by atoms with Crippen LogP contribution in [0, 0.1) is 5.82 Å². The van der Waals surface area contributed by atoms with Gasteiger partial charge in [0.2, 0.25) is 0 Å². The molecule has 0 aromatic heterocycles. The van der Waals surface area contributed by atoms with Crippen LogP contribution < -0.4 is 10.1 Å². The first kappa shape index (κ1) is 15.8. The van der Waals surface area contributed by atoms with Crippen LogP contribution in [0.3, 0.4) is 0 Å². The molecule has 2 rings (SSSR count). The number of hydrogen-bond donors (Lipinski definition) is 1. The number of benzene rings is 2. The van der Waals surface area contributed by atoms with Crippen LogP contribution in [-0.2, 0) is 13.2 Å². The predicted molar refractivity (Wildman–Crippen MR) is 84.2 cm³/mol. The van der Waals surface area contributed by atoms with Gasteiger partial charge >= 0.3 is 0 Å². The van der Waals surface area contributed by atoms with Crippen LogP contribution in [-0.4, -0.2) is 6.54 Å². The third kappa shape index (κ3) is 4.73. The van der Waals surface area contributed by atoms with Crippen molar-refractivity contribution < 1.29 is 9.13 Å². The highest BCUT2D eigenvalue weighted by Crippen LogP contribution is 2.22. The number of para-hydroxylation sites is 1. The molecule has 0 aliphatic rings. The SMILES string of the molecule is CCCNCc1ccccc1OCc1cc(F)ccc1Cl. The zero-order valence-corrected chi connectivity index (χ0v) is 12.8. The smallest absolute Gasteiger partial charge is 0.124 e. The van der Waals surface area contributed by atoms with Crippen LogP contribution in [0.5, 0.6) is 5.75 Å². The maximum atomic E-state index is 13.2. The molecule has 1 N–H and O–H groups in total. The molecule has 0 atom stereocenters. The van der Waals surface area contributed by atoms with E-state index in [1.54, 1.807) is 6.07 Å². The molecule has 0 amide bonds. The summed E-state index contributed by atoms with van der Waals surface area (Å²) in [5.74, 6) is 0.484. The van der Waals surface area contributed by atoms with Gasteiger partial charge < -0.3 is 10.1 Å². The van der Waals surface area contributed by atoms with Gasteiger partial charge in [0.15, 0.2) is 0 Å². The molecule has 112 valence electrons. The van der Waals surface area contributed by atoms with Crippen molar-refractivity contribution in [1.82, 2.24) is 5.32 Å². The fourth-order valence-electron chi connectivity index (χ4n) is 2.00. The molecule has 2 nitrogen and oxygen atoms in total. The van der Waals surface area contributed by atoms with Crippen molar-refractivity contribution in [3.05, 3.63) is 64.4 Å². The van der Waals surface area contributed by atoms with Gasteiger partial charge in [0.1, 0.15) is 18.2 Å². The summed E-state index contributed by atoms with van der Waals surface area (Å²) in [6.07, 6.45) is 1.09. The van der Waals surface area contributed by atoms with E-state index in [0.29, 0.717) is 10.6 Å². The summed E-state index contributed by atoms with van der Waals surface area (Å²) in [6.45, 7) is 4.09. The van der Waals surface area contributed by atoms with E-state index in [9.17, 15) is 4.39 Å². The molecule has 0 radical (unpaired) electrons. The van der Waals surface area contributed by atoms with Gasteiger partial charge in [-0.1, -0.05) is 36.7 Å². The molecular weight excluding hydrogens is 289 g/mol. The Balaban J connectivity index is 2.04. The van der Waals surface area contributed by atoms with E-state index in [4.69, 9.17) is 16.3 Å². The molecule has 0 fully saturated rings. The molecule has 4 heteroatoms. The van der Waals surface area contributed by atoms with Gasteiger partial charge in [0.25, 0.3) is 0 Å². The lowest BCUT2D eigenvalue weighted by atomic mass is 10.2. The maximum absolute atomic E-state index is 13.2. The van der Waals surface area contributed by atoms with Crippen LogP contribution in [0.25, 0.3) is 0 Å². The first-order valence-corrected chi connectivity index (χ1v) is 7.44. The standard InChI is InChI=1S/C17H19ClFNO/c1-2-9-20-11-13-5-3-4-6-17(13)21-12-14-10-15(19)7-8-16(14)18/h3-8,10,20H,2,9,11-12H2,1H3. The van der Waals surface area contributed by atoms with Crippen molar-refractivity contribution in [2.75, 3.05) is 6.54 Å². The minimum Gasteiger partial charge on any atom is -0.489 e. The molecule has 0 aliphatic carbocycles. The van der Waals surface area contributed by atoms with E-state index >= 15 is 0 Å². The molecule has 21 heavy (non-hydrogen) atoms. The Labute approximate surface area is 129 Å². The summed E-state index contributed by atoms with van der Waals surface area (Å²) < 4.78 is 19.0. The number of nitrogens with one attached hydrogen (secondary N) is 1. The summed E-state index contributed by atoms with van der Waals surface area (Å²) in [7, 11) is 0. The van der Waals surface area contributed by atoms with Gasteiger partial charge in [-0.25, -0.2) is 4.39 Å². The van der Waals surface area contributed by atoms with Crippen molar-refractivity contribution in [1.29, 1.82) is 0 Å². The van der Waals surface area contributed by atoms with Gasteiger partial charge in [-0.2, -0.15) is 0 Å². The van der Waals surface area contributed by atoms with Crippen molar-refractivity contribution in [2.24, 2.45) is 0 Å². The Morgan fingerprint density at radius 2 is 1.95 bits per heavy atom. The van der Waals surface area contributed by atoms with E-state index in [1.807, 2.05) is 24.3 Å². The number of hydrogen-bond acceptors (Lipinski definition) is 2. The number of ether oxygens (including phenoxy) is 1. The van der Waals surface area contributed by atoms with E-state index in [-0.39, 0.29) is 12.4 Å². The molecule has 2 aromatic carbocycles. The van der Waals surface area contributed by atoms with E-state index < -0.39 is 0 Å². The predicted octanol–water partition coefficient (Wildman–Crippen LogP) is 4.56. The zero-order valence-electron chi connectivity index (χ0n) is 12.0. The van der Waals surface area contributed by atoms with E-state index in [2.05, 4.69) is 12.2 Å². The van der Waals surface area contributed by atoms with Crippen LogP contribution in [0.1, 0.15) is 24.5 Å². The summed E-state index contributed by atoms with van der Waals surface area (Å²) >= 11 is 6.05. The van der Waals surface area contributed by atoms with Crippen LogP contribution in [0.4, 0.5) is 4.39 Å². The quantitative estimate of drug-likeness (QED) is 0.757. The molecule has 0 bridgehead atoms. The minimum absolute atomic E-state index is 0.251. The van der Waals surface area contributed by atoms with Crippen LogP contribution in [0.15, 0.2) is 42.5 Å². The van der Waals surface area contributed by atoms with E-state index in [1.165, 1.54) is 12.1 Å². The lowest BCUT2D eigenvalue weighted by Crippen LogP contribution is -2.14. The second kappa shape index (κ2) is 8.01. The first-order valence-electron chi connectivity index (χ1n) is 7.06.